The maximum atomic E-state index is 12.4. The lowest BCUT2D eigenvalue weighted by Gasteiger charge is -2.20. The molecule has 1 heterocycles. The van der Waals surface area contributed by atoms with Crippen LogP contribution in [0.15, 0.2) is 18.2 Å². The SMILES string of the molecule is CN(CCN1CCCC1)CC(=O)c1ccc2c(c1)CCC2. The minimum absolute atomic E-state index is 0.258. The first kappa shape index (κ1) is 14.7. The van der Waals surface area contributed by atoms with Crippen LogP contribution in [0.1, 0.15) is 40.7 Å². The maximum absolute atomic E-state index is 12.4. The van der Waals surface area contributed by atoms with E-state index in [1.807, 2.05) is 6.07 Å². The predicted molar refractivity (Wildman–Crippen MR) is 86.0 cm³/mol. The fourth-order valence-corrected chi connectivity index (χ4v) is 3.48. The molecule has 1 aliphatic heterocycles. The second kappa shape index (κ2) is 6.71. The van der Waals surface area contributed by atoms with Gasteiger partial charge in [-0.1, -0.05) is 12.1 Å². The number of fused-ring (bicyclic) bond motifs is 1. The molecule has 2 aliphatic rings. The van der Waals surface area contributed by atoms with Crippen molar-refractivity contribution in [2.75, 3.05) is 39.8 Å². The molecule has 3 rings (SSSR count). The van der Waals surface area contributed by atoms with Crippen LogP contribution in [0.2, 0.25) is 0 Å². The number of likely N-dealkylation sites (tertiary alicyclic amines) is 1. The molecule has 0 saturated carbocycles. The lowest BCUT2D eigenvalue weighted by Crippen LogP contribution is -2.34. The Kier molecular flexibility index (Phi) is 4.71. The fraction of sp³-hybridized carbons (Fsp3) is 0.611. The molecule has 21 heavy (non-hydrogen) atoms. The summed E-state index contributed by atoms with van der Waals surface area (Å²) in [5, 5.41) is 0. The lowest BCUT2D eigenvalue weighted by molar-refractivity contribution is 0.0941. The lowest BCUT2D eigenvalue weighted by atomic mass is 10.0. The smallest absolute Gasteiger partial charge is 0.176 e. The largest absolute Gasteiger partial charge is 0.302 e. The zero-order valence-electron chi connectivity index (χ0n) is 13.1. The van der Waals surface area contributed by atoms with Crippen molar-refractivity contribution in [3.05, 3.63) is 34.9 Å². The molecule has 0 bridgehead atoms. The van der Waals surface area contributed by atoms with Gasteiger partial charge in [0.1, 0.15) is 0 Å². The summed E-state index contributed by atoms with van der Waals surface area (Å²) in [4.78, 5) is 17.1. The van der Waals surface area contributed by atoms with Crippen molar-refractivity contribution in [3.63, 3.8) is 0 Å². The summed E-state index contributed by atoms with van der Waals surface area (Å²) >= 11 is 0. The predicted octanol–water partition coefficient (Wildman–Crippen LogP) is 2.39. The molecule has 1 aromatic rings. The highest BCUT2D eigenvalue weighted by atomic mass is 16.1. The van der Waals surface area contributed by atoms with E-state index in [1.54, 1.807) is 0 Å². The number of rotatable bonds is 6. The Labute approximate surface area is 127 Å². The normalized spacial score (nSPS) is 18.4. The summed E-state index contributed by atoms with van der Waals surface area (Å²) in [6.07, 6.45) is 6.22. The van der Waals surface area contributed by atoms with Crippen LogP contribution in [0, 0.1) is 0 Å². The Morgan fingerprint density at radius 1 is 1.14 bits per heavy atom. The van der Waals surface area contributed by atoms with Crippen LogP contribution in [0.5, 0.6) is 0 Å². The quantitative estimate of drug-likeness (QED) is 0.750. The first-order valence-electron chi connectivity index (χ1n) is 8.28. The van der Waals surface area contributed by atoms with Crippen molar-refractivity contribution < 1.29 is 4.79 Å². The fourth-order valence-electron chi connectivity index (χ4n) is 3.48. The van der Waals surface area contributed by atoms with E-state index in [1.165, 1.54) is 49.9 Å². The highest BCUT2D eigenvalue weighted by Gasteiger charge is 2.16. The van der Waals surface area contributed by atoms with Gasteiger partial charge in [-0.3, -0.25) is 9.69 Å². The Bertz CT molecular complexity index is 506. The third-order valence-electron chi connectivity index (χ3n) is 4.83. The summed E-state index contributed by atoms with van der Waals surface area (Å²) in [5.74, 6) is 0.258. The van der Waals surface area contributed by atoms with Gasteiger partial charge in [-0.05, 0) is 69.4 Å². The number of nitrogens with zero attached hydrogens (tertiary/aromatic N) is 2. The van der Waals surface area contributed by atoms with Crippen LogP contribution >= 0.6 is 0 Å². The molecule has 0 N–H and O–H groups in total. The molecular formula is C18H26N2O. The van der Waals surface area contributed by atoms with E-state index >= 15 is 0 Å². The number of carbonyl (C=O) groups excluding carboxylic acids is 1. The molecule has 0 atom stereocenters. The monoisotopic (exact) mass is 286 g/mol. The molecule has 0 radical (unpaired) electrons. The van der Waals surface area contributed by atoms with Crippen LogP contribution in [0.4, 0.5) is 0 Å². The Hall–Kier alpha value is -1.19. The van der Waals surface area contributed by atoms with Gasteiger partial charge in [0.2, 0.25) is 0 Å². The maximum Gasteiger partial charge on any atom is 0.176 e. The van der Waals surface area contributed by atoms with Crippen molar-refractivity contribution in [2.24, 2.45) is 0 Å². The first-order valence-corrected chi connectivity index (χ1v) is 8.28. The van der Waals surface area contributed by atoms with Crippen molar-refractivity contribution in [3.8, 4) is 0 Å². The zero-order valence-corrected chi connectivity index (χ0v) is 13.1. The molecule has 3 nitrogen and oxygen atoms in total. The van der Waals surface area contributed by atoms with E-state index in [-0.39, 0.29) is 5.78 Å². The topological polar surface area (TPSA) is 23.6 Å². The summed E-state index contributed by atoms with van der Waals surface area (Å²) in [5.41, 5.74) is 3.72. The number of hydrogen-bond donors (Lipinski definition) is 0. The number of Topliss-reactive ketones (excluding diaryl/α,β-unsaturated/α-hetero) is 1. The number of benzene rings is 1. The van der Waals surface area contributed by atoms with Gasteiger partial charge < -0.3 is 4.90 Å². The van der Waals surface area contributed by atoms with Crippen LogP contribution in [0.25, 0.3) is 0 Å². The third kappa shape index (κ3) is 3.72. The molecular weight excluding hydrogens is 260 g/mol. The third-order valence-corrected chi connectivity index (χ3v) is 4.83. The summed E-state index contributed by atoms with van der Waals surface area (Å²) < 4.78 is 0. The molecule has 1 saturated heterocycles. The molecule has 0 amide bonds. The molecule has 3 heteroatoms. The van der Waals surface area contributed by atoms with E-state index in [9.17, 15) is 4.79 Å². The van der Waals surface area contributed by atoms with Gasteiger partial charge in [0.05, 0.1) is 6.54 Å². The van der Waals surface area contributed by atoms with E-state index in [2.05, 4.69) is 29.0 Å². The number of carbonyl (C=O) groups is 1. The highest BCUT2D eigenvalue weighted by molar-refractivity contribution is 5.97. The Morgan fingerprint density at radius 3 is 2.71 bits per heavy atom. The highest BCUT2D eigenvalue weighted by Crippen LogP contribution is 2.23. The average Bonchev–Trinajstić information content (AvgIpc) is 3.15. The van der Waals surface area contributed by atoms with Gasteiger partial charge in [0, 0.05) is 18.7 Å². The van der Waals surface area contributed by atoms with E-state index in [0.29, 0.717) is 6.54 Å². The standard InChI is InChI=1S/C18H26N2O/c1-19(11-12-20-9-2-3-10-20)14-18(21)17-8-7-15-5-4-6-16(15)13-17/h7-8,13H,2-6,9-12,14H2,1H3. The van der Waals surface area contributed by atoms with E-state index < -0.39 is 0 Å². The number of likely N-dealkylation sites (N-methyl/N-ethyl adjacent to an activating group) is 1. The van der Waals surface area contributed by atoms with Crippen molar-refractivity contribution in [1.82, 2.24) is 9.80 Å². The van der Waals surface area contributed by atoms with Crippen molar-refractivity contribution in [1.29, 1.82) is 0 Å². The average molecular weight is 286 g/mol. The molecule has 114 valence electrons. The van der Waals surface area contributed by atoms with Crippen LogP contribution in [0.3, 0.4) is 0 Å². The van der Waals surface area contributed by atoms with E-state index in [0.717, 1.165) is 25.1 Å². The number of aryl methyl sites for hydroxylation is 2. The molecule has 0 aromatic heterocycles. The minimum Gasteiger partial charge on any atom is -0.302 e. The van der Waals surface area contributed by atoms with Gasteiger partial charge in [-0.15, -0.1) is 0 Å². The van der Waals surface area contributed by atoms with Gasteiger partial charge >= 0.3 is 0 Å². The van der Waals surface area contributed by atoms with Crippen LogP contribution < -0.4 is 0 Å². The first-order chi connectivity index (χ1) is 10.2. The minimum atomic E-state index is 0.258. The number of hydrogen-bond acceptors (Lipinski definition) is 3. The summed E-state index contributed by atoms with van der Waals surface area (Å²) in [6, 6.07) is 6.29. The zero-order chi connectivity index (χ0) is 14.7. The van der Waals surface area contributed by atoms with Crippen molar-refractivity contribution >= 4 is 5.78 Å². The van der Waals surface area contributed by atoms with Gasteiger partial charge in [-0.2, -0.15) is 0 Å². The van der Waals surface area contributed by atoms with Gasteiger partial charge in [0.15, 0.2) is 5.78 Å². The Balaban J connectivity index is 1.50. The van der Waals surface area contributed by atoms with Crippen molar-refractivity contribution in [2.45, 2.75) is 32.1 Å². The van der Waals surface area contributed by atoms with Gasteiger partial charge in [0.25, 0.3) is 0 Å². The Morgan fingerprint density at radius 2 is 1.90 bits per heavy atom. The van der Waals surface area contributed by atoms with Gasteiger partial charge in [-0.25, -0.2) is 0 Å². The molecule has 1 aromatic carbocycles. The van der Waals surface area contributed by atoms with E-state index in [4.69, 9.17) is 0 Å². The molecule has 0 unspecified atom stereocenters. The van der Waals surface area contributed by atoms with Crippen LogP contribution in [-0.4, -0.2) is 55.4 Å². The summed E-state index contributed by atoms with van der Waals surface area (Å²) in [6.45, 7) is 5.07. The number of ketones is 1. The molecule has 0 spiro atoms. The second-order valence-electron chi connectivity index (χ2n) is 6.55. The second-order valence-corrected chi connectivity index (χ2v) is 6.55. The summed E-state index contributed by atoms with van der Waals surface area (Å²) in [7, 11) is 2.06. The van der Waals surface area contributed by atoms with Crippen LogP contribution in [-0.2, 0) is 12.8 Å². The molecule has 1 aliphatic carbocycles. The molecule has 1 fully saturated rings.